The van der Waals surface area contributed by atoms with Crippen LogP contribution in [0, 0.1) is 5.82 Å². The molecule has 1 saturated carbocycles. The molecule has 4 N–H and O–H groups in total. The van der Waals surface area contributed by atoms with Crippen LogP contribution in [0.3, 0.4) is 0 Å². The van der Waals surface area contributed by atoms with Gasteiger partial charge in [-0.3, -0.25) is 0 Å². The fourth-order valence-electron chi connectivity index (χ4n) is 1.52. The van der Waals surface area contributed by atoms with Crippen molar-refractivity contribution in [3.63, 3.8) is 0 Å². The highest BCUT2D eigenvalue weighted by Gasteiger charge is 2.45. The number of halogens is 1. The lowest BCUT2D eigenvalue weighted by Crippen LogP contribution is -2.39. The number of aliphatic hydroxyl groups is 1. The molecule has 1 aromatic carbocycles. The van der Waals surface area contributed by atoms with E-state index in [1.807, 2.05) is 0 Å². The number of hydrogen-bond acceptors (Lipinski definition) is 4. The van der Waals surface area contributed by atoms with Gasteiger partial charge in [-0.25, -0.2) is 17.5 Å². The number of sulfonamides is 1. The molecular weight excluding hydrogens is 247 g/mol. The number of aliphatic hydroxyl groups excluding tert-OH is 1. The average Bonchev–Trinajstić information content (AvgIpc) is 3.01. The van der Waals surface area contributed by atoms with Crippen LogP contribution < -0.4 is 10.5 Å². The number of hydrogen-bond donors (Lipinski definition) is 3. The Morgan fingerprint density at radius 1 is 1.47 bits per heavy atom. The van der Waals surface area contributed by atoms with Crippen LogP contribution in [0.15, 0.2) is 23.1 Å². The zero-order valence-electron chi connectivity index (χ0n) is 8.98. The molecule has 0 aromatic heterocycles. The molecule has 0 bridgehead atoms. The van der Waals surface area contributed by atoms with Crippen LogP contribution in [0.5, 0.6) is 0 Å². The van der Waals surface area contributed by atoms with Crippen molar-refractivity contribution in [2.75, 3.05) is 12.3 Å². The molecule has 0 atom stereocenters. The topological polar surface area (TPSA) is 92.4 Å². The molecule has 0 amide bonds. The van der Waals surface area contributed by atoms with E-state index in [1.54, 1.807) is 0 Å². The maximum atomic E-state index is 13.0. The third kappa shape index (κ3) is 2.41. The Morgan fingerprint density at radius 2 is 2.12 bits per heavy atom. The minimum atomic E-state index is -3.90. The molecule has 0 radical (unpaired) electrons. The Labute approximate surface area is 98.5 Å². The Balaban J connectivity index is 2.35. The molecule has 17 heavy (non-hydrogen) atoms. The molecule has 0 spiro atoms. The number of nitrogens with one attached hydrogen (secondary N) is 1. The Bertz CT molecular complexity index is 540. The number of nitrogens with two attached hydrogens (primary N) is 1. The molecule has 1 aliphatic carbocycles. The minimum absolute atomic E-state index is 0.0207. The van der Waals surface area contributed by atoms with E-state index >= 15 is 0 Å². The van der Waals surface area contributed by atoms with E-state index in [-0.39, 0.29) is 17.2 Å². The number of benzene rings is 1. The van der Waals surface area contributed by atoms with E-state index in [0.29, 0.717) is 12.8 Å². The summed E-state index contributed by atoms with van der Waals surface area (Å²) in [5.41, 5.74) is 4.69. The van der Waals surface area contributed by atoms with Crippen molar-refractivity contribution in [1.82, 2.24) is 4.72 Å². The monoisotopic (exact) mass is 260 g/mol. The van der Waals surface area contributed by atoms with Gasteiger partial charge in [0.05, 0.1) is 17.8 Å². The molecule has 0 heterocycles. The maximum absolute atomic E-state index is 13.0. The summed E-state index contributed by atoms with van der Waals surface area (Å²) in [6, 6.07) is 3.15. The van der Waals surface area contributed by atoms with Gasteiger partial charge in [0.2, 0.25) is 10.0 Å². The molecule has 0 unspecified atom stereocenters. The van der Waals surface area contributed by atoms with Gasteiger partial charge >= 0.3 is 0 Å². The summed E-state index contributed by atoms with van der Waals surface area (Å²) in [5.74, 6) is -0.673. The fourth-order valence-corrected chi connectivity index (χ4v) is 3.12. The van der Waals surface area contributed by atoms with E-state index in [9.17, 15) is 12.8 Å². The minimum Gasteiger partial charge on any atom is -0.398 e. The lowest BCUT2D eigenvalue weighted by atomic mass is 10.3. The highest BCUT2D eigenvalue weighted by atomic mass is 32.2. The summed E-state index contributed by atoms with van der Waals surface area (Å²) in [6.45, 7) is -0.276. The lowest BCUT2D eigenvalue weighted by molar-refractivity contribution is 0.246. The van der Waals surface area contributed by atoms with Crippen molar-refractivity contribution in [1.29, 1.82) is 0 Å². The molecule has 1 aromatic rings. The molecular formula is C10H13FN2O3S. The SMILES string of the molecule is Nc1ccc(F)cc1S(=O)(=O)NC1(CO)CC1. The van der Waals surface area contributed by atoms with Crippen LogP contribution in [-0.4, -0.2) is 25.7 Å². The van der Waals surface area contributed by atoms with E-state index in [1.165, 1.54) is 6.07 Å². The second-order valence-electron chi connectivity index (χ2n) is 4.23. The predicted octanol–water partition coefficient (Wildman–Crippen LogP) is 0.211. The van der Waals surface area contributed by atoms with Crippen LogP contribution >= 0.6 is 0 Å². The highest BCUT2D eigenvalue weighted by Crippen LogP contribution is 2.36. The summed E-state index contributed by atoms with van der Waals surface area (Å²) in [7, 11) is -3.90. The van der Waals surface area contributed by atoms with Crippen molar-refractivity contribution in [3.8, 4) is 0 Å². The Morgan fingerprint density at radius 3 is 2.65 bits per heavy atom. The maximum Gasteiger partial charge on any atom is 0.243 e. The lowest BCUT2D eigenvalue weighted by Gasteiger charge is -2.15. The first-order valence-electron chi connectivity index (χ1n) is 5.08. The quantitative estimate of drug-likeness (QED) is 0.675. The van der Waals surface area contributed by atoms with E-state index < -0.39 is 21.4 Å². The Kier molecular flexibility index (Phi) is 2.84. The van der Waals surface area contributed by atoms with Gasteiger partial charge in [-0.15, -0.1) is 0 Å². The smallest absolute Gasteiger partial charge is 0.243 e. The van der Waals surface area contributed by atoms with Gasteiger partial charge in [0.1, 0.15) is 10.7 Å². The van der Waals surface area contributed by atoms with Crippen molar-refractivity contribution in [2.45, 2.75) is 23.3 Å². The third-order valence-electron chi connectivity index (χ3n) is 2.77. The van der Waals surface area contributed by atoms with E-state index in [2.05, 4.69) is 4.72 Å². The summed E-state index contributed by atoms with van der Waals surface area (Å²) >= 11 is 0. The zero-order valence-corrected chi connectivity index (χ0v) is 9.80. The average molecular weight is 260 g/mol. The summed E-state index contributed by atoms with van der Waals surface area (Å²) in [4.78, 5) is -0.294. The van der Waals surface area contributed by atoms with Gasteiger partial charge in [-0.2, -0.15) is 0 Å². The van der Waals surface area contributed by atoms with Gasteiger partial charge in [0, 0.05) is 0 Å². The number of anilines is 1. The second kappa shape index (κ2) is 3.94. The second-order valence-corrected chi connectivity index (χ2v) is 5.88. The van der Waals surface area contributed by atoms with Gasteiger partial charge in [-0.1, -0.05) is 0 Å². The highest BCUT2D eigenvalue weighted by molar-refractivity contribution is 7.89. The molecule has 0 aliphatic heterocycles. The van der Waals surface area contributed by atoms with E-state index in [0.717, 1.165) is 12.1 Å². The predicted molar refractivity (Wildman–Crippen MR) is 60.2 cm³/mol. The molecule has 94 valence electrons. The van der Waals surface area contributed by atoms with Crippen LogP contribution in [0.4, 0.5) is 10.1 Å². The summed E-state index contributed by atoms with van der Waals surface area (Å²) in [6.07, 6.45) is 1.13. The van der Waals surface area contributed by atoms with Crippen molar-refractivity contribution in [3.05, 3.63) is 24.0 Å². The zero-order chi connectivity index (χ0) is 12.7. The summed E-state index contributed by atoms with van der Waals surface area (Å²) in [5, 5.41) is 9.06. The van der Waals surface area contributed by atoms with E-state index in [4.69, 9.17) is 10.8 Å². The van der Waals surface area contributed by atoms with Crippen LogP contribution in [0.25, 0.3) is 0 Å². The van der Waals surface area contributed by atoms with Crippen LogP contribution in [-0.2, 0) is 10.0 Å². The molecule has 1 aliphatic rings. The van der Waals surface area contributed by atoms with Crippen LogP contribution in [0.2, 0.25) is 0 Å². The largest absolute Gasteiger partial charge is 0.398 e. The third-order valence-corrected chi connectivity index (χ3v) is 4.41. The molecule has 1 fully saturated rings. The first-order valence-corrected chi connectivity index (χ1v) is 6.57. The first-order chi connectivity index (χ1) is 7.88. The summed E-state index contributed by atoms with van der Waals surface area (Å²) < 4.78 is 39.3. The van der Waals surface area contributed by atoms with Crippen molar-refractivity contribution >= 4 is 15.7 Å². The molecule has 7 heteroatoms. The number of rotatable bonds is 4. The standard InChI is InChI=1S/C10H13FN2O3S/c11-7-1-2-8(12)9(5-7)17(15,16)13-10(6-14)3-4-10/h1-2,5,13-14H,3-4,6,12H2. The Hall–Kier alpha value is -1.18. The van der Waals surface area contributed by atoms with Crippen molar-refractivity contribution < 1.29 is 17.9 Å². The van der Waals surface area contributed by atoms with Crippen LogP contribution in [0.1, 0.15) is 12.8 Å². The molecule has 5 nitrogen and oxygen atoms in total. The molecule has 0 saturated heterocycles. The van der Waals surface area contributed by atoms with Gasteiger partial charge in [0.25, 0.3) is 0 Å². The van der Waals surface area contributed by atoms with Gasteiger partial charge in [-0.05, 0) is 31.0 Å². The van der Waals surface area contributed by atoms with Gasteiger partial charge in [0.15, 0.2) is 0 Å². The van der Waals surface area contributed by atoms with Crippen molar-refractivity contribution in [2.24, 2.45) is 0 Å². The molecule has 2 rings (SSSR count). The first kappa shape index (κ1) is 12.3. The fraction of sp³-hybridized carbons (Fsp3) is 0.400. The normalized spacial score (nSPS) is 18.0. The van der Waals surface area contributed by atoms with Gasteiger partial charge < -0.3 is 10.8 Å². The number of nitrogen functional groups attached to an aromatic ring is 1.